The van der Waals surface area contributed by atoms with E-state index < -0.39 is 0 Å². The predicted molar refractivity (Wildman–Crippen MR) is 72.9 cm³/mol. The second-order valence-electron chi connectivity index (χ2n) is 2.65. The van der Waals surface area contributed by atoms with Crippen LogP contribution in [0.4, 0.5) is 0 Å². The fraction of sp³-hybridized carbons (Fsp3) is 0.200. The number of rotatable bonds is 3. The van der Waals surface area contributed by atoms with Crippen molar-refractivity contribution < 1.29 is 4.74 Å². The van der Waals surface area contributed by atoms with E-state index in [-0.39, 0.29) is 0 Å². The molecule has 5 heteroatoms. The van der Waals surface area contributed by atoms with E-state index in [1.165, 1.54) is 0 Å². The fourth-order valence-corrected chi connectivity index (χ4v) is 2.20. The number of hydrogen-bond donors (Lipinski definition) is 0. The second-order valence-corrected chi connectivity index (χ2v) is 6.14. The minimum atomic E-state index is 0.558. The number of benzene rings is 1. The first-order valence-electron chi connectivity index (χ1n) is 4.19. The predicted octanol–water partition coefficient (Wildman–Crippen LogP) is 5.45. The van der Waals surface area contributed by atoms with E-state index in [1.54, 1.807) is 12.1 Å². The monoisotopic (exact) mass is 372 g/mol. The van der Waals surface area contributed by atoms with Gasteiger partial charge in [-0.05, 0) is 57.0 Å². The third-order valence-electron chi connectivity index (χ3n) is 1.64. The Morgan fingerprint density at radius 3 is 2.47 bits per heavy atom. The zero-order chi connectivity index (χ0) is 11.4. The van der Waals surface area contributed by atoms with E-state index in [9.17, 15) is 0 Å². The van der Waals surface area contributed by atoms with Crippen molar-refractivity contribution in [2.45, 2.75) is 6.92 Å². The van der Waals surface area contributed by atoms with Crippen LogP contribution < -0.4 is 0 Å². The van der Waals surface area contributed by atoms with E-state index in [0.717, 1.165) is 8.96 Å². The summed E-state index contributed by atoms with van der Waals surface area (Å²) in [5.41, 5.74) is 0.798. The number of hydrogen-bond acceptors (Lipinski definition) is 1. The fourth-order valence-electron chi connectivity index (χ4n) is 1.05. The highest BCUT2D eigenvalue weighted by Crippen LogP contribution is 2.33. The van der Waals surface area contributed by atoms with Gasteiger partial charge in [-0.3, -0.25) is 0 Å². The Labute approximate surface area is 116 Å². The summed E-state index contributed by atoms with van der Waals surface area (Å²) >= 11 is 18.5. The molecule has 1 aromatic rings. The standard InChI is InChI=1S/C10H8Br2Cl2O/c1-2-15-9(10(11)12)7-4-3-6(13)5-8(7)14/h3-5H,2H2,1H3. The molecule has 0 atom stereocenters. The van der Waals surface area contributed by atoms with Gasteiger partial charge in [-0.15, -0.1) is 0 Å². The van der Waals surface area contributed by atoms with Gasteiger partial charge in [0.2, 0.25) is 0 Å². The van der Waals surface area contributed by atoms with Gasteiger partial charge in [0, 0.05) is 10.6 Å². The van der Waals surface area contributed by atoms with Crippen molar-refractivity contribution in [3.05, 3.63) is 37.2 Å². The van der Waals surface area contributed by atoms with Crippen LogP contribution in [0.1, 0.15) is 12.5 Å². The Balaban J connectivity index is 3.19. The van der Waals surface area contributed by atoms with Crippen LogP contribution in [-0.4, -0.2) is 6.61 Å². The van der Waals surface area contributed by atoms with Crippen molar-refractivity contribution in [1.82, 2.24) is 0 Å². The van der Waals surface area contributed by atoms with Crippen molar-refractivity contribution >= 4 is 60.8 Å². The quantitative estimate of drug-likeness (QED) is 0.639. The van der Waals surface area contributed by atoms with E-state index >= 15 is 0 Å². The van der Waals surface area contributed by atoms with Gasteiger partial charge in [-0.25, -0.2) is 0 Å². The van der Waals surface area contributed by atoms with Crippen molar-refractivity contribution in [2.75, 3.05) is 6.61 Å². The molecule has 0 amide bonds. The van der Waals surface area contributed by atoms with E-state index in [0.29, 0.717) is 22.4 Å². The maximum absolute atomic E-state index is 6.06. The SMILES string of the molecule is CCOC(=C(Br)Br)c1ccc(Cl)cc1Cl. The molecule has 15 heavy (non-hydrogen) atoms. The molecule has 0 saturated heterocycles. The summed E-state index contributed by atoms with van der Waals surface area (Å²) in [5.74, 6) is 0.666. The molecule has 0 spiro atoms. The average Bonchev–Trinajstić information content (AvgIpc) is 2.15. The number of halogens is 4. The summed E-state index contributed by atoms with van der Waals surface area (Å²) < 4.78 is 6.19. The van der Waals surface area contributed by atoms with E-state index in [2.05, 4.69) is 31.9 Å². The molecule has 1 nitrogen and oxygen atoms in total. The van der Waals surface area contributed by atoms with Crippen LogP contribution in [-0.2, 0) is 4.74 Å². The summed E-state index contributed by atoms with van der Waals surface area (Å²) in [4.78, 5) is 0. The molecule has 1 rings (SSSR count). The van der Waals surface area contributed by atoms with E-state index in [1.807, 2.05) is 13.0 Å². The van der Waals surface area contributed by atoms with Gasteiger partial charge in [-0.1, -0.05) is 23.2 Å². The third-order valence-corrected chi connectivity index (χ3v) is 2.90. The molecule has 0 heterocycles. The minimum Gasteiger partial charge on any atom is -0.491 e. The van der Waals surface area contributed by atoms with Gasteiger partial charge in [-0.2, -0.15) is 0 Å². The largest absolute Gasteiger partial charge is 0.491 e. The molecule has 0 aliphatic heterocycles. The smallest absolute Gasteiger partial charge is 0.149 e. The average molecular weight is 375 g/mol. The van der Waals surface area contributed by atoms with Crippen LogP contribution in [0.5, 0.6) is 0 Å². The van der Waals surface area contributed by atoms with Crippen LogP contribution in [0.25, 0.3) is 5.76 Å². The molecule has 0 radical (unpaired) electrons. The maximum Gasteiger partial charge on any atom is 0.149 e. The van der Waals surface area contributed by atoms with Crippen LogP contribution in [0.15, 0.2) is 21.6 Å². The lowest BCUT2D eigenvalue weighted by Gasteiger charge is -2.11. The Morgan fingerprint density at radius 1 is 1.33 bits per heavy atom. The van der Waals surface area contributed by atoms with Crippen molar-refractivity contribution in [3.63, 3.8) is 0 Å². The summed E-state index contributed by atoms with van der Waals surface area (Å²) in [6, 6.07) is 5.27. The molecule has 0 unspecified atom stereocenters. The van der Waals surface area contributed by atoms with Gasteiger partial charge in [0.25, 0.3) is 0 Å². The Kier molecular flexibility index (Phi) is 5.47. The lowest BCUT2D eigenvalue weighted by Crippen LogP contribution is -1.93. The van der Waals surface area contributed by atoms with Crippen molar-refractivity contribution in [3.8, 4) is 0 Å². The van der Waals surface area contributed by atoms with Gasteiger partial charge in [0.05, 0.1) is 11.6 Å². The molecule has 0 bridgehead atoms. The maximum atomic E-state index is 6.06. The molecule has 0 fully saturated rings. The second kappa shape index (κ2) is 6.14. The Bertz CT molecular complexity index is 387. The first-order valence-corrected chi connectivity index (χ1v) is 6.54. The zero-order valence-electron chi connectivity index (χ0n) is 7.86. The van der Waals surface area contributed by atoms with Crippen LogP contribution >= 0.6 is 55.1 Å². The van der Waals surface area contributed by atoms with E-state index in [4.69, 9.17) is 27.9 Å². The Morgan fingerprint density at radius 2 is 2.00 bits per heavy atom. The first-order chi connectivity index (χ1) is 7.06. The van der Waals surface area contributed by atoms with Gasteiger partial charge in [0.1, 0.15) is 9.15 Å². The molecule has 0 aliphatic rings. The summed E-state index contributed by atoms with van der Waals surface area (Å²) in [6.07, 6.45) is 0. The molecule has 0 aliphatic carbocycles. The van der Waals surface area contributed by atoms with Crippen molar-refractivity contribution in [2.24, 2.45) is 0 Å². The molecular weight excluding hydrogens is 367 g/mol. The van der Waals surface area contributed by atoms with Crippen LogP contribution in [0, 0.1) is 0 Å². The highest BCUT2D eigenvalue weighted by atomic mass is 79.9. The summed E-state index contributed by atoms with van der Waals surface area (Å²) in [7, 11) is 0. The molecule has 0 N–H and O–H groups in total. The van der Waals surface area contributed by atoms with Gasteiger partial charge in [0.15, 0.2) is 0 Å². The van der Waals surface area contributed by atoms with Gasteiger partial charge >= 0.3 is 0 Å². The minimum absolute atomic E-state index is 0.558. The molecule has 0 aromatic heterocycles. The van der Waals surface area contributed by atoms with Gasteiger partial charge < -0.3 is 4.74 Å². The zero-order valence-corrected chi connectivity index (χ0v) is 12.5. The van der Waals surface area contributed by atoms with Crippen LogP contribution in [0.3, 0.4) is 0 Å². The molecule has 1 aromatic carbocycles. The summed E-state index contributed by atoms with van der Waals surface area (Å²) in [5, 5.41) is 1.16. The number of ether oxygens (including phenoxy) is 1. The van der Waals surface area contributed by atoms with Crippen LogP contribution in [0.2, 0.25) is 10.0 Å². The lowest BCUT2D eigenvalue weighted by atomic mass is 10.2. The highest BCUT2D eigenvalue weighted by molar-refractivity contribution is 9.28. The lowest BCUT2D eigenvalue weighted by molar-refractivity contribution is 0.298. The highest BCUT2D eigenvalue weighted by Gasteiger charge is 2.11. The normalized spacial score (nSPS) is 9.93. The molecule has 0 saturated carbocycles. The topological polar surface area (TPSA) is 9.23 Å². The van der Waals surface area contributed by atoms with Crippen molar-refractivity contribution in [1.29, 1.82) is 0 Å². The third kappa shape index (κ3) is 3.66. The molecule has 82 valence electrons. The first kappa shape index (κ1) is 13.4. The molecular formula is C10H8Br2Cl2O. The summed E-state index contributed by atoms with van der Waals surface area (Å²) in [6.45, 7) is 2.47. The Hall–Kier alpha value is 0.300.